The van der Waals surface area contributed by atoms with E-state index >= 15 is 0 Å². The smallest absolute Gasteiger partial charge is 0.103 e. The van der Waals surface area contributed by atoms with Crippen LogP contribution in [0.4, 0.5) is 0 Å². The number of ether oxygens (including phenoxy) is 1. The summed E-state index contributed by atoms with van der Waals surface area (Å²) >= 11 is 0. The quantitative estimate of drug-likeness (QED) is 0.228. The zero-order chi connectivity index (χ0) is 14.3. The molecule has 1 heteroatoms. The lowest BCUT2D eigenvalue weighted by Gasteiger charge is -2.11. The summed E-state index contributed by atoms with van der Waals surface area (Å²) in [6.45, 7) is 12.0. The van der Waals surface area contributed by atoms with Gasteiger partial charge in [-0.3, -0.25) is 0 Å². The first-order chi connectivity index (χ1) is 9.28. The lowest BCUT2D eigenvalue weighted by molar-refractivity contribution is 0.288. The molecular weight excluding hydrogens is 232 g/mol. The second-order valence-electron chi connectivity index (χ2n) is 4.71. The van der Waals surface area contributed by atoms with E-state index in [0.29, 0.717) is 0 Å². The summed E-state index contributed by atoms with van der Waals surface area (Å²) in [5.41, 5.74) is 0. The molecule has 0 aliphatic rings. The fourth-order valence-electron chi connectivity index (χ4n) is 1.72. The molecule has 0 amide bonds. The van der Waals surface area contributed by atoms with Crippen LogP contribution < -0.4 is 0 Å². The van der Waals surface area contributed by atoms with Gasteiger partial charge in [-0.25, -0.2) is 0 Å². The fourth-order valence-corrected chi connectivity index (χ4v) is 1.72. The van der Waals surface area contributed by atoms with Crippen molar-refractivity contribution in [2.24, 2.45) is 0 Å². The fraction of sp³-hybridized carbons (Fsp3) is 0.556. The number of hydrogen-bond donors (Lipinski definition) is 0. The molecule has 0 heterocycles. The minimum absolute atomic E-state index is 0.798. The SMILES string of the molecule is C=CCC(=CCCCC)OC(=CCCCC)CC=C. The van der Waals surface area contributed by atoms with Crippen molar-refractivity contribution in [3.8, 4) is 0 Å². The van der Waals surface area contributed by atoms with Crippen molar-refractivity contribution in [1.82, 2.24) is 0 Å². The van der Waals surface area contributed by atoms with Crippen molar-refractivity contribution >= 4 is 0 Å². The summed E-state index contributed by atoms with van der Waals surface area (Å²) in [7, 11) is 0. The van der Waals surface area contributed by atoms with Gasteiger partial charge >= 0.3 is 0 Å². The average molecular weight is 262 g/mol. The van der Waals surface area contributed by atoms with Gasteiger partial charge in [0.15, 0.2) is 0 Å². The molecule has 1 nitrogen and oxygen atoms in total. The molecule has 0 aromatic rings. The zero-order valence-electron chi connectivity index (χ0n) is 12.8. The van der Waals surface area contributed by atoms with Gasteiger partial charge < -0.3 is 4.74 Å². The Labute approximate surface area is 119 Å². The van der Waals surface area contributed by atoms with Crippen molar-refractivity contribution in [2.45, 2.75) is 65.2 Å². The highest BCUT2D eigenvalue weighted by Gasteiger charge is 2.01. The van der Waals surface area contributed by atoms with E-state index in [9.17, 15) is 0 Å². The van der Waals surface area contributed by atoms with Gasteiger partial charge in [0.1, 0.15) is 11.5 Å². The number of unbranched alkanes of at least 4 members (excludes halogenated alkanes) is 4. The van der Waals surface area contributed by atoms with Gasteiger partial charge in [-0.05, 0) is 37.8 Å². The molecule has 0 radical (unpaired) electrons. The first-order valence-corrected chi connectivity index (χ1v) is 7.56. The van der Waals surface area contributed by atoms with Crippen LogP contribution in [0.25, 0.3) is 0 Å². The van der Waals surface area contributed by atoms with E-state index in [2.05, 4.69) is 39.2 Å². The molecule has 0 atom stereocenters. The lowest BCUT2D eigenvalue weighted by Crippen LogP contribution is -1.93. The summed E-state index contributed by atoms with van der Waals surface area (Å²) in [5, 5.41) is 0. The van der Waals surface area contributed by atoms with Crippen molar-refractivity contribution in [3.63, 3.8) is 0 Å². The van der Waals surface area contributed by atoms with Crippen molar-refractivity contribution < 1.29 is 4.74 Å². The summed E-state index contributed by atoms with van der Waals surface area (Å²) in [4.78, 5) is 0. The summed E-state index contributed by atoms with van der Waals surface area (Å²) in [6, 6.07) is 0. The summed E-state index contributed by atoms with van der Waals surface area (Å²) < 4.78 is 6.00. The van der Waals surface area contributed by atoms with Crippen LogP contribution in [0.15, 0.2) is 49.0 Å². The Hall–Kier alpha value is -1.24. The van der Waals surface area contributed by atoms with Gasteiger partial charge in [0, 0.05) is 12.8 Å². The van der Waals surface area contributed by atoms with Crippen molar-refractivity contribution in [3.05, 3.63) is 49.0 Å². The van der Waals surface area contributed by atoms with Crippen LogP contribution in [-0.2, 0) is 4.74 Å². The Morgan fingerprint density at radius 3 is 1.58 bits per heavy atom. The normalized spacial score (nSPS) is 12.3. The van der Waals surface area contributed by atoms with Crippen LogP contribution in [0.5, 0.6) is 0 Å². The van der Waals surface area contributed by atoms with Crippen LogP contribution in [0.1, 0.15) is 65.2 Å². The Bertz CT molecular complexity index is 267. The molecule has 0 saturated carbocycles. The Kier molecular flexibility index (Phi) is 12.3. The maximum atomic E-state index is 6.00. The van der Waals surface area contributed by atoms with Crippen LogP contribution in [0.3, 0.4) is 0 Å². The van der Waals surface area contributed by atoms with Gasteiger partial charge in [0.05, 0.1) is 0 Å². The van der Waals surface area contributed by atoms with Crippen LogP contribution in [0.2, 0.25) is 0 Å². The van der Waals surface area contributed by atoms with Gasteiger partial charge in [-0.2, -0.15) is 0 Å². The molecule has 0 saturated heterocycles. The molecule has 0 aliphatic heterocycles. The maximum Gasteiger partial charge on any atom is 0.103 e. The minimum Gasteiger partial charge on any atom is -0.466 e. The van der Waals surface area contributed by atoms with E-state index in [1.807, 2.05) is 12.2 Å². The van der Waals surface area contributed by atoms with E-state index in [1.165, 1.54) is 25.7 Å². The van der Waals surface area contributed by atoms with E-state index in [-0.39, 0.29) is 0 Å². The predicted octanol–water partition coefficient (Wildman–Crippen LogP) is 6.30. The molecule has 0 bridgehead atoms. The Morgan fingerprint density at radius 2 is 1.26 bits per heavy atom. The van der Waals surface area contributed by atoms with Crippen molar-refractivity contribution in [1.29, 1.82) is 0 Å². The third-order valence-electron chi connectivity index (χ3n) is 2.81. The predicted molar refractivity (Wildman–Crippen MR) is 85.9 cm³/mol. The Morgan fingerprint density at radius 1 is 0.842 bits per heavy atom. The standard InChI is InChI=1S/C18H30O/c1-5-9-11-15-17(13-7-3)19-18(14-8-4)16-12-10-6-2/h7-8,15-16H,3-6,9-14H2,1-2H3. The van der Waals surface area contributed by atoms with Crippen LogP contribution in [-0.4, -0.2) is 0 Å². The average Bonchev–Trinajstić information content (AvgIpc) is 2.39. The molecular formula is C18H30O. The Balaban J connectivity index is 4.53. The van der Waals surface area contributed by atoms with Gasteiger partial charge in [-0.15, -0.1) is 13.2 Å². The molecule has 19 heavy (non-hydrogen) atoms. The summed E-state index contributed by atoms with van der Waals surface area (Å²) in [6.07, 6.45) is 16.8. The number of allylic oxidation sites excluding steroid dienone is 4. The highest BCUT2D eigenvalue weighted by molar-refractivity contribution is 5.07. The van der Waals surface area contributed by atoms with Crippen LogP contribution in [0, 0.1) is 0 Å². The van der Waals surface area contributed by atoms with E-state index in [1.54, 1.807) is 0 Å². The monoisotopic (exact) mass is 262 g/mol. The van der Waals surface area contributed by atoms with E-state index < -0.39 is 0 Å². The topological polar surface area (TPSA) is 9.23 Å². The van der Waals surface area contributed by atoms with Gasteiger partial charge in [0.25, 0.3) is 0 Å². The minimum atomic E-state index is 0.798. The molecule has 108 valence electrons. The highest BCUT2D eigenvalue weighted by atomic mass is 16.5. The third kappa shape index (κ3) is 10.4. The molecule has 0 spiro atoms. The third-order valence-corrected chi connectivity index (χ3v) is 2.81. The molecule has 0 fully saturated rings. The highest BCUT2D eigenvalue weighted by Crippen LogP contribution is 2.17. The van der Waals surface area contributed by atoms with Crippen LogP contribution >= 0.6 is 0 Å². The molecule has 0 aliphatic carbocycles. The number of hydrogen-bond acceptors (Lipinski definition) is 1. The first kappa shape index (κ1) is 17.8. The number of rotatable bonds is 12. The lowest BCUT2D eigenvalue weighted by atomic mass is 10.2. The van der Waals surface area contributed by atoms with Gasteiger partial charge in [0.2, 0.25) is 0 Å². The molecule has 0 rings (SSSR count). The van der Waals surface area contributed by atoms with E-state index in [0.717, 1.165) is 37.2 Å². The second kappa shape index (κ2) is 13.2. The van der Waals surface area contributed by atoms with Gasteiger partial charge in [-0.1, -0.05) is 38.8 Å². The van der Waals surface area contributed by atoms with Crippen molar-refractivity contribution in [2.75, 3.05) is 0 Å². The maximum absolute atomic E-state index is 6.00. The molecule has 0 N–H and O–H groups in total. The molecule has 0 unspecified atom stereocenters. The molecule has 0 aromatic carbocycles. The largest absolute Gasteiger partial charge is 0.466 e. The summed E-state index contributed by atoms with van der Waals surface area (Å²) in [5.74, 6) is 2.04. The first-order valence-electron chi connectivity index (χ1n) is 7.56. The van der Waals surface area contributed by atoms with E-state index in [4.69, 9.17) is 4.74 Å². The second-order valence-corrected chi connectivity index (χ2v) is 4.71. The molecule has 0 aromatic heterocycles. The zero-order valence-corrected chi connectivity index (χ0v) is 12.8.